The maximum Gasteiger partial charge on any atom is 0.269 e. The standard InChI is InChI=1S/C24H22N6O/c25-11-17-9-18-14-28-23(29-19-6-5-16-13-27-8-7-15(16)10-19)21(12-26)22(18)30(24(17)31)20-3-1-2-4-20/h5-6,9-10,14,20,27H,1-4,7-8,13H2,(H,28,29). The summed E-state index contributed by atoms with van der Waals surface area (Å²) in [6, 6.07) is 12.0. The van der Waals surface area contributed by atoms with Crippen LogP contribution in [0.2, 0.25) is 0 Å². The van der Waals surface area contributed by atoms with Crippen LogP contribution in [0.15, 0.2) is 35.3 Å². The predicted molar refractivity (Wildman–Crippen MR) is 118 cm³/mol. The van der Waals surface area contributed by atoms with E-state index in [0.29, 0.717) is 22.3 Å². The second-order valence-corrected chi connectivity index (χ2v) is 8.22. The second kappa shape index (κ2) is 7.86. The molecule has 0 spiro atoms. The number of nitrogens with one attached hydrogen (secondary N) is 2. The number of pyridine rings is 2. The van der Waals surface area contributed by atoms with Crippen LogP contribution in [0.1, 0.15) is 54.0 Å². The molecular formula is C24H22N6O. The molecule has 2 N–H and O–H groups in total. The lowest BCUT2D eigenvalue weighted by Gasteiger charge is -2.20. The van der Waals surface area contributed by atoms with Crippen molar-refractivity contribution in [1.29, 1.82) is 10.5 Å². The minimum atomic E-state index is -0.322. The molecule has 31 heavy (non-hydrogen) atoms. The van der Waals surface area contributed by atoms with Crippen molar-refractivity contribution in [3.8, 4) is 12.1 Å². The lowest BCUT2D eigenvalue weighted by molar-refractivity contribution is 0.518. The molecule has 1 fully saturated rings. The van der Waals surface area contributed by atoms with Crippen molar-refractivity contribution < 1.29 is 0 Å². The van der Waals surface area contributed by atoms with Gasteiger partial charge in [-0.15, -0.1) is 0 Å². The van der Waals surface area contributed by atoms with Crippen molar-refractivity contribution in [2.24, 2.45) is 0 Å². The van der Waals surface area contributed by atoms with Crippen molar-refractivity contribution in [1.82, 2.24) is 14.9 Å². The fraction of sp³-hybridized carbons (Fsp3) is 0.333. The van der Waals surface area contributed by atoms with Crippen LogP contribution in [0, 0.1) is 22.7 Å². The monoisotopic (exact) mass is 410 g/mol. The summed E-state index contributed by atoms with van der Waals surface area (Å²) in [7, 11) is 0. The van der Waals surface area contributed by atoms with Gasteiger partial charge in [0, 0.05) is 29.9 Å². The van der Waals surface area contributed by atoms with Gasteiger partial charge in [0.15, 0.2) is 0 Å². The van der Waals surface area contributed by atoms with Crippen LogP contribution in [-0.2, 0) is 13.0 Å². The highest BCUT2D eigenvalue weighted by atomic mass is 16.1. The van der Waals surface area contributed by atoms with E-state index in [-0.39, 0.29) is 17.2 Å². The van der Waals surface area contributed by atoms with Crippen LogP contribution >= 0.6 is 0 Å². The third-order valence-corrected chi connectivity index (χ3v) is 6.35. The number of anilines is 2. The normalized spacial score (nSPS) is 15.9. The van der Waals surface area contributed by atoms with E-state index in [4.69, 9.17) is 0 Å². The summed E-state index contributed by atoms with van der Waals surface area (Å²) >= 11 is 0. The zero-order valence-corrected chi connectivity index (χ0v) is 17.1. The van der Waals surface area contributed by atoms with E-state index in [1.54, 1.807) is 16.8 Å². The smallest absolute Gasteiger partial charge is 0.269 e. The Labute approximate surface area is 180 Å². The summed E-state index contributed by atoms with van der Waals surface area (Å²) in [5, 5.41) is 26.8. The molecule has 3 heterocycles. The van der Waals surface area contributed by atoms with E-state index < -0.39 is 0 Å². The molecule has 0 amide bonds. The number of nitrogens with zero attached hydrogens (tertiary/aromatic N) is 4. The first-order valence-electron chi connectivity index (χ1n) is 10.7. The van der Waals surface area contributed by atoms with Gasteiger partial charge in [-0.1, -0.05) is 18.9 Å². The Morgan fingerprint density at radius 1 is 1.13 bits per heavy atom. The van der Waals surface area contributed by atoms with Crippen molar-refractivity contribution >= 4 is 22.4 Å². The SMILES string of the molecule is N#Cc1cc2cnc(Nc3ccc4c(c3)CCNC4)c(C#N)c2n(C2CCCC2)c1=O. The molecule has 2 aromatic heterocycles. The minimum absolute atomic E-state index is 0.00175. The molecule has 0 saturated heterocycles. The van der Waals surface area contributed by atoms with Crippen LogP contribution in [0.5, 0.6) is 0 Å². The lowest BCUT2D eigenvalue weighted by Crippen LogP contribution is -2.26. The van der Waals surface area contributed by atoms with Crippen molar-refractivity contribution in [3.63, 3.8) is 0 Å². The first-order valence-corrected chi connectivity index (χ1v) is 10.7. The number of hydrogen-bond acceptors (Lipinski definition) is 6. The zero-order valence-electron chi connectivity index (χ0n) is 17.1. The van der Waals surface area contributed by atoms with Gasteiger partial charge in [0.2, 0.25) is 0 Å². The van der Waals surface area contributed by atoms with Gasteiger partial charge in [-0.25, -0.2) is 4.98 Å². The Balaban J connectivity index is 1.67. The summed E-state index contributed by atoms with van der Waals surface area (Å²) in [5.41, 5.74) is 4.11. The molecular weight excluding hydrogens is 388 g/mol. The molecule has 1 aromatic carbocycles. The quantitative estimate of drug-likeness (QED) is 0.683. The van der Waals surface area contributed by atoms with Gasteiger partial charge in [-0.3, -0.25) is 4.79 Å². The number of hydrogen-bond donors (Lipinski definition) is 2. The van der Waals surface area contributed by atoms with Gasteiger partial charge in [0.25, 0.3) is 5.56 Å². The van der Waals surface area contributed by atoms with Gasteiger partial charge >= 0.3 is 0 Å². The Bertz CT molecular complexity index is 1320. The largest absolute Gasteiger partial charge is 0.339 e. The van der Waals surface area contributed by atoms with Gasteiger partial charge in [0.05, 0.1) is 5.52 Å². The predicted octanol–water partition coefficient (Wildman–Crippen LogP) is 3.64. The highest BCUT2D eigenvalue weighted by Crippen LogP contribution is 2.34. The van der Waals surface area contributed by atoms with Gasteiger partial charge in [0.1, 0.15) is 29.1 Å². The minimum Gasteiger partial charge on any atom is -0.339 e. The molecule has 0 bridgehead atoms. The summed E-state index contributed by atoms with van der Waals surface area (Å²) < 4.78 is 1.67. The summed E-state index contributed by atoms with van der Waals surface area (Å²) in [5.74, 6) is 0.430. The van der Waals surface area contributed by atoms with Crippen LogP contribution in [0.3, 0.4) is 0 Å². The molecule has 7 nitrogen and oxygen atoms in total. The zero-order chi connectivity index (χ0) is 21.4. The average molecular weight is 410 g/mol. The van der Waals surface area contributed by atoms with Crippen molar-refractivity contribution in [3.05, 3.63) is 63.1 Å². The molecule has 1 aliphatic carbocycles. The molecule has 2 aliphatic rings. The average Bonchev–Trinajstić information content (AvgIpc) is 3.33. The highest BCUT2D eigenvalue weighted by Gasteiger charge is 2.24. The Morgan fingerprint density at radius 2 is 1.97 bits per heavy atom. The van der Waals surface area contributed by atoms with Crippen LogP contribution in [-0.4, -0.2) is 16.1 Å². The maximum absolute atomic E-state index is 13.1. The summed E-state index contributed by atoms with van der Waals surface area (Å²) in [4.78, 5) is 17.6. The van der Waals surface area contributed by atoms with Gasteiger partial charge in [-0.05, 0) is 55.1 Å². The molecule has 5 rings (SSSR count). The third-order valence-electron chi connectivity index (χ3n) is 6.35. The number of benzene rings is 1. The van der Waals surface area contributed by atoms with Crippen LogP contribution in [0.25, 0.3) is 10.9 Å². The fourth-order valence-electron chi connectivity index (χ4n) is 4.81. The first kappa shape index (κ1) is 19.3. The number of fused-ring (bicyclic) bond motifs is 2. The molecule has 0 radical (unpaired) electrons. The molecule has 1 saturated carbocycles. The van der Waals surface area contributed by atoms with E-state index in [1.165, 1.54) is 11.1 Å². The van der Waals surface area contributed by atoms with Crippen molar-refractivity contribution in [2.45, 2.75) is 44.7 Å². The van der Waals surface area contributed by atoms with Gasteiger partial charge < -0.3 is 15.2 Å². The molecule has 154 valence electrons. The molecule has 0 atom stereocenters. The van der Waals surface area contributed by atoms with E-state index in [0.717, 1.165) is 50.9 Å². The molecule has 3 aromatic rings. The maximum atomic E-state index is 13.1. The fourth-order valence-corrected chi connectivity index (χ4v) is 4.81. The Hall–Kier alpha value is -3.68. The number of aromatic nitrogens is 2. The summed E-state index contributed by atoms with van der Waals surface area (Å²) in [6.45, 7) is 1.81. The number of nitriles is 2. The third kappa shape index (κ3) is 3.34. The topological polar surface area (TPSA) is 107 Å². The Kier molecular flexibility index (Phi) is 4.89. The van der Waals surface area contributed by atoms with Crippen molar-refractivity contribution in [2.75, 3.05) is 11.9 Å². The van der Waals surface area contributed by atoms with Gasteiger partial charge in [-0.2, -0.15) is 10.5 Å². The highest BCUT2D eigenvalue weighted by molar-refractivity contribution is 5.89. The summed E-state index contributed by atoms with van der Waals surface area (Å²) in [6.07, 6.45) is 6.43. The van der Waals surface area contributed by atoms with E-state index in [9.17, 15) is 15.3 Å². The Morgan fingerprint density at radius 3 is 2.74 bits per heavy atom. The van der Waals surface area contributed by atoms with E-state index in [1.807, 2.05) is 12.1 Å². The van der Waals surface area contributed by atoms with Crippen LogP contribution in [0.4, 0.5) is 11.5 Å². The van der Waals surface area contributed by atoms with Crippen LogP contribution < -0.4 is 16.2 Å². The first-order chi connectivity index (χ1) is 15.2. The molecule has 7 heteroatoms. The molecule has 0 unspecified atom stereocenters. The van der Waals surface area contributed by atoms with E-state index in [2.05, 4.69) is 33.8 Å². The van der Waals surface area contributed by atoms with E-state index >= 15 is 0 Å². The second-order valence-electron chi connectivity index (χ2n) is 8.22. The molecule has 1 aliphatic heterocycles. The lowest BCUT2D eigenvalue weighted by atomic mass is 10.0. The number of rotatable bonds is 3.